The quantitative estimate of drug-likeness (QED) is 0.202. The Balaban J connectivity index is 1.83. The van der Waals surface area contributed by atoms with E-state index in [9.17, 15) is 10.1 Å². The van der Waals surface area contributed by atoms with E-state index in [0.717, 1.165) is 43.8 Å². The van der Waals surface area contributed by atoms with E-state index in [0.29, 0.717) is 10.6 Å². The minimum atomic E-state index is -0.298. The zero-order chi connectivity index (χ0) is 22.5. The molecule has 0 N–H and O–H groups in total. The summed E-state index contributed by atoms with van der Waals surface area (Å²) in [6.07, 6.45) is 0. The lowest BCUT2D eigenvalue weighted by Gasteiger charge is -2.12. The lowest BCUT2D eigenvalue weighted by molar-refractivity contribution is -0.384. The Morgan fingerprint density at radius 1 is 0.697 bits per heavy atom. The van der Waals surface area contributed by atoms with Crippen molar-refractivity contribution in [2.75, 3.05) is 0 Å². The van der Waals surface area contributed by atoms with Gasteiger partial charge in [0, 0.05) is 16.8 Å². The Labute approximate surface area is 194 Å². The second-order valence-corrected chi connectivity index (χ2v) is 8.35. The molecule has 0 bridgehead atoms. The van der Waals surface area contributed by atoms with E-state index in [1.165, 1.54) is 0 Å². The van der Waals surface area contributed by atoms with Crippen LogP contribution in [0.2, 0.25) is 5.02 Å². The molecule has 1 heterocycles. The third-order valence-corrected chi connectivity index (χ3v) is 6.48. The summed E-state index contributed by atoms with van der Waals surface area (Å²) in [6, 6.07) is 33.0. The molecule has 6 aromatic rings. The SMILES string of the molecule is O=[N+]([O-])c1ccc2ccccc2c1-c1cccc2c1c1ccccc1n2-c1ccccc1Cl. The highest BCUT2D eigenvalue weighted by Gasteiger charge is 2.23. The summed E-state index contributed by atoms with van der Waals surface area (Å²) in [5, 5.41) is 16.5. The molecule has 0 unspecified atom stereocenters. The molecule has 0 amide bonds. The minimum absolute atomic E-state index is 0.0933. The van der Waals surface area contributed by atoms with Crippen LogP contribution in [0, 0.1) is 10.1 Å². The van der Waals surface area contributed by atoms with Crippen LogP contribution in [0.5, 0.6) is 0 Å². The highest BCUT2D eigenvalue weighted by molar-refractivity contribution is 6.32. The molecule has 0 atom stereocenters. The van der Waals surface area contributed by atoms with E-state index in [2.05, 4.69) is 16.7 Å². The van der Waals surface area contributed by atoms with Crippen LogP contribution in [0.25, 0.3) is 49.4 Å². The molecule has 33 heavy (non-hydrogen) atoms. The Kier molecular flexibility index (Phi) is 4.42. The van der Waals surface area contributed by atoms with Crippen molar-refractivity contribution in [3.8, 4) is 16.8 Å². The predicted molar refractivity (Wildman–Crippen MR) is 135 cm³/mol. The fourth-order valence-corrected chi connectivity index (χ4v) is 5.04. The second kappa shape index (κ2) is 7.47. The van der Waals surface area contributed by atoms with Crippen LogP contribution in [0.15, 0.2) is 103 Å². The lowest BCUT2D eigenvalue weighted by Crippen LogP contribution is -1.95. The van der Waals surface area contributed by atoms with E-state index >= 15 is 0 Å². The molecule has 0 saturated carbocycles. The highest BCUT2D eigenvalue weighted by atomic mass is 35.5. The van der Waals surface area contributed by atoms with Gasteiger partial charge in [-0.15, -0.1) is 0 Å². The number of hydrogen-bond donors (Lipinski definition) is 0. The molecule has 6 rings (SSSR count). The smallest absolute Gasteiger partial charge is 0.277 e. The molecule has 0 aliphatic heterocycles. The topological polar surface area (TPSA) is 48.1 Å². The Hall–Kier alpha value is -4.15. The number of nitrogens with zero attached hydrogens (tertiary/aromatic N) is 2. The van der Waals surface area contributed by atoms with Crippen LogP contribution in [0.3, 0.4) is 0 Å². The number of aromatic nitrogens is 1. The van der Waals surface area contributed by atoms with Crippen LogP contribution in [-0.2, 0) is 0 Å². The number of hydrogen-bond acceptors (Lipinski definition) is 2. The summed E-state index contributed by atoms with van der Waals surface area (Å²) < 4.78 is 2.13. The summed E-state index contributed by atoms with van der Waals surface area (Å²) in [6.45, 7) is 0. The van der Waals surface area contributed by atoms with Gasteiger partial charge >= 0.3 is 0 Å². The maximum absolute atomic E-state index is 12.1. The van der Waals surface area contributed by atoms with Gasteiger partial charge in [-0.25, -0.2) is 0 Å². The third kappa shape index (κ3) is 2.92. The van der Waals surface area contributed by atoms with Crippen LogP contribution < -0.4 is 0 Å². The van der Waals surface area contributed by atoms with Gasteiger partial charge in [0.25, 0.3) is 5.69 Å². The van der Waals surface area contributed by atoms with Crippen molar-refractivity contribution < 1.29 is 4.92 Å². The molecule has 0 aliphatic carbocycles. The van der Waals surface area contributed by atoms with Crippen molar-refractivity contribution >= 4 is 49.9 Å². The average Bonchev–Trinajstić information content (AvgIpc) is 3.18. The fourth-order valence-electron chi connectivity index (χ4n) is 4.82. The van der Waals surface area contributed by atoms with Gasteiger partial charge in [-0.05, 0) is 46.7 Å². The molecule has 158 valence electrons. The van der Waals surface area contributed by atoms with Crippen LogP contribution >= 0.6 is 11.6 Å². The monoisotopic (exact) mass is 448 g/mol. The number of nitro groups is 1. The summed E-state index contributed by atoms with van der Waals surface area (Å²) in [4.78, 5) is 11.8. The van der Waals surface area contributed by atoms with Gasteiger partial charge in [-0.2, -0.15) is 0 Å². The van der Waals surface area contributed by atoms with Crippen molar-refractivity contribution in [3.63, 3.8) is 0 Å². The summed E-state index contributed by atoms with van der Waals surface area (Å²) >= 11 is 6.61. The predicted octanol–water partition coefficient (Wildman–Crippen LogP) is 8.17. The molecular formula is C28H17ClN2O2. The largest absolute Gasteiger partial charge is 0.308 e. The third-order valence-electron chi connectivity index (χ3n) is 6.16. The van der Waals surface area contributed by atoms with Crippen LogP contribution in [0.4, 0.5) is 5.69 Å². The summed E-state index contributed by atoms with van der Waals surface area (Å²) in [7, 11) is 0. The highest BCUT2D eigenvalue weighted by Crippen LogP contribution is 2.44. The first-order chi connectivity index (χ1) is 16.1. The summed E-state index contributed by atoms with van der Waals surface area (Å²) in [5.41, 5.74) is 4.37. The van der Waals surface area contributed by atoms with E-state index in [4.69, 9.17) is 11.6 Å². The van der Waals surface area contributed by atoms with Crippen molar-refractivity contribution in [1.82, 2.24) is 4.57 Å². The van der Waals surface area contributed by atoms with Gasteiger partial charge < -0.3 is 4.57 Å². The number of rotatable bonds is 3. The molecule has 0 aliphatic rings. The van der Waals surface area contributed by atoms with E-state index < -0.39 is 0 Å². The Morgan fingerprint density at radius 2 is 1.39 bits per heavy atom. The van der Waals surface area contributed by atoms with Gasteiger partial charge in [0.1, 0.15) is 0 Å². The van der Waals surface area contributed by atoms with Gasteiger partial charge in [0.15, 0.2) is 0 Å². The Morgan fingerprint density at radius 3 is 2.21 bits per heavy atom. The van der Waals surface area contributed by atoms with E-state index in [-0.39, 0.29) is 10.6 Å². The molecule has 0 fully saturated rings. The van der Waals surface area contributed by atoms with Gasteiger partial charge in [-0.3, -0.25) is 10.1 Å². The number of benzene rings is 5. The first kappa shape index (κ1) is 19.5. The summed E-state index contributed by atoms with van der Waals surface area (Å²) in [5.74, 6) is 0. The first-order valence-electron chi connectivity index (χ1n) is 10.6. The maximum Gasteiger partial charge on any atom is 0.277 e. The molecular weight excluding hydrogens is 432 g/mol. The van der Waals surface area contributed by atoms with Crippen LogP contribution in [0.1, 0.15) is 0 Å². The van der Waals surface area contributed by atoms with Gasteiger partial charge in [0.2, 0.25) is 0 Å². The molecule has 0 saturated heterocycles. The molecule has 5 heteroatoms. The van der Waals surface area contributed by atoms with Crippen molar-refractivity contribution in [2.45, 2.75) is 0 Å². The van der Waals surface area contributed by atoms with Crippen molar-refractivity contribution in [1.29, 1.82) is 0 Å². The number of para-hydroxylation sites is 2. The lowest BCUT2D eigenvalue weighted by atomic mass is 9.93. The van der Waals surface area contributed by atoms with Gasteiger partial charge in [-0.1, -0.05) is 78.3 Å². The van der Waals surface area contributed by atoms with E-state index in [1.807, 2.05) is 84.9 Å². The van der Waals surface area contributed by atoms with E-state index in [1.54, 1.807) is 6.07 Å². The average molecular weight is 449 g/mol. The fraction of sp³-hybridized carbons (Fsp3) is 0. The maximum atomic E-state index is 12.1. The zero-order valence-electron chi connectivity index (χ0n) is 17.4. The number of halogens is 1. The Bertz CT molecular complexity index is 1720. The van der Waals surface area contributed by atoms with Gasteiger partial charge in [0.05, 0.1) is 32.2 Å². The molecule has 5 aromatic carbocycles. The zero-order valence-corrected chi connectivity index (χ0v) is 18.2. The van der Waals surface area contributed by atoms with Crippen molar-refractivity contribution in [3.05, 3.63) is 118 Å². The molecule has 0 spiro atoms. The normalized spacial score (nSPS) is 11.4. The molecule has 0 radical (unpaired) electrons. The van der Waals surface area contributed by atoms with Crippen molar-refractivity contribution in [2.24, 2.45) is 0 Å². The minimum Gasteiger partial charge on any atom is -0.308 e. The number of fused-ring (bicyclic) bond motifs is 4. The molecule has 1 aromatic heterocycles. The molecule has 4 nitrogen and oxygen atoms in total. The second-order valence-electron chi connectivity index (χ2n) is 7.94. The first-order valence-corrected chi connectivity index (χ1v) is 11.0. The number of nitro benzene ring substituents is 1. The standard InChI is InChI=1S/C28H17ClN2O2/c29-22-12-4-6-14-24(22)30-23-13-5-3-10-20(23)28-21(11-7-15-25(28)30)27-19-9-2-1-8-18(19)16-17-26(27)31(32)33/h1-17H. The van der Waals surface area contributed by atoms with Crippen LogP contribution in [-0.4, -0.2) is 9.49 Å².